The molecule has 0 bridgehead atoms. The van der Waals surface area contributed by atoms with Gasteiger partial charge < -0.3 is 24.5 Å². The number of nitrogens with zero attached hydrogens (tertiary/aromatic N) is 1. The van der Waals surface area contributed by atoms with Gasteiger partial charge in [-0.15, -0.1) is 0 Å². The molecule has 0 atom stereocenters. The van der Waals surface area contributed by atoms with Crippen molar-refractivity contribution in [2.45, 2.75) is 20.8 Å². The molecule has 0 aliphatic rings. The van der Waals surface area contributed by atoms with Crippen molar-refractivity contribution in [3.8, 4) is 5.75 Å². The first-order valence-electron chi connectivity index (χ1n) is 8.85. The highest BCUT2D eigenvalue weighted by Gasteiger charge is 2.24. The summed E-state index contributed by atoms with van der Waals surface area (Å²) in [5.74, 6) is -1.98. The van der Waals surface area contributed by atoms with Gasteiger partial charge in [0.2, 0.25) is 0 Å². The Morgan fingerprint density at radius 1 is 1.17 bits per heavy atom. The van der Waals surface area contributed by atoms with Crippen LogP contribution in [-0.2, 0) is 14.3 Å². The summed E-state index contributed by atoms with van der Waals surface area (Å²) >= 11 is 0. The number of carbonyl (C=O) groups excluding carboxylic acids is 3. The number of esters is 2. The summed E-state index contributed by atoms with van der Waals surface area (Å²) < 4.78 is 15.0. The highest BCUT2D eigenvalue weighted by atomic mass is 16.6. The number of carbonyl (C=O) groups is 3. The lowest BCUT2D eigenvalue weighted by atomic mass is 10.1. The number of hydrogen-bond donors (Lipinski definition) is 2. The fraction of sp³-hybridized carbons (Fsp3) is 0.316. The van der Waals surface area contributed by atoms with E-state index in [1.165, 1.54) is 19.2 Å². The summed E-state index contributed by atoms with van der Waals surface area (Å²) in [5, 5.41) is 13.3. The third-order valence-corrected chi connectivity index (χ3v) is 4.13. The Morgan fingerprint density at radius 2 is 1.87 bits per heavy atom. The lowest BCUT2D eigenvalue weighted by molar-refractivity contribution is -0.384. The molecule has 0 aliphatic carbocycles. The molecular formula is C19H21N3O8. The Hall–Kier alpha value is -3.89. The van der Waals surface area contributed by atoms with Crippen molar-refractivity contribution in [3.05, 3.63) is 50.8 Å². The normalized spacial score (nSPS) is 10.3. The number of anilines is 1. The van der Waals surface area contributed by atoms with Crippen LogP contribution in [0.4, 0.5) is 11.4 Å². The third kappa shape index (κ3) is 4.93. The second-order valence-electron chi connectivity index (χ2n) is 6.11. The van der Waals surface area contributed by atoms with Crippen LogP contribution in [0.3, 0.4) is 0 Å². The molecule has 30 heavy (non-hydrogen) atoms. The number of rotatable bonds is 8. The van der Waals surface area contributed by atoms with Crippen molar-refractivity contribution in [3.63, 3.8) is 0 Å². The predicted molar refractivity (Wildman–Crippen MR) is 105 cm³/mol. The molecule has 1 aromatic carbocycles. The molecular weight excluding hydrogens is 398 g/mol. The number of ether oxygens (including phenoxy) is 3. The monoisotopic (exact) mass is 419 g/mol. The minimum Gasteiger partial charge on any atom is -0.494 e. The summed E-state index contributed by atoms with van der Waals surface area (Å²) in [6.07, 6.45) is 0. The van der Waals surface area contributed by atoms with Gasteiger partial charge >= 0.3 is 11.9 Å². The van der Waals surface area contributed by atoms with Gasteiger partial charge in [0.05, 0.1) is 36.0 Å². The van der Waals surface area contributed by atoms with Crippen LogP contribution >= 0.6 is 0 Å². The molecule has 1 aromatic heterocycles. The summed E-state index contributed by atoms with van der Waals surface area (Å²) in [7, 11) is 1.30. The zero-order valence-electron chi connectivity index (χ0n) is 16.9. The Kier molecular flexibility index (Phi) is 7.13. The number of nitro groups is 1. The van der Waals surface area contributed by atoms with E-state index < -0.39 is 29.4 Å². The SMILES string of the molecule is CCOC(=O)c1[nH]c(C)c(C(=O)OCC(=O)Nc2ccc([N+](=O)[O-])cc2OC)c1C. The van der Waals surface area contributed by atoms with Crippen LogP contribution in [-0.4, -0.2) is 48.1 Å². The van der Waals surface area contributed by atoms with Gasteiger partial charge in [0.25, 0.3) is 11.6 Å². The number of nitro benzene ring substituents is 1. The molecule has 0 aliphatic heterocycles. The van der Waals surface area contributed by atoms with Crippen molar-refractivity contribution in [1.82, 2.24) is 4.98 Å². The zero-order valence-corrected chi connectivity index (χ0v) is 16.9. The fourth-order valence-electron chi connectivity index (χ4n) is 2.75. The van der Waals surface area contributed by atoms with Crippen molar-refractivity contribution >= 4 is 29.2 Å². The van der Waals surface area contributed by atoms with Gasteiger partial charge in [0.15, 0.2) is 6.61 Å². The molecule has 0 saturated carbocycles. The number of amides is 1. The summed E-state index contributed by atoms with van der Waals surface area (Å²) in [6, 6.07) is 3.67. The zero-order chi connectivity index (χ0) is 22.4. The molecule has 2 rings (SSSR count). The average Bonchev–Trinajstić information content (AvgIpc) is 3.00. The van der Waals surface area contributed by atoms with Crippen molar-refractivity contribution in [2.24, 2.45) is 0 Å². The van der Waals surface area contributed by atoms with E-state index in [4.69, 9.17) is 14.2 Å². The number of benzene rings is 1. The minimum atomic E-state index is -0.789. The first kappa shape index (κ1) is 22.4. The second-order valence-corrected chi connectivity index (χ2v) is 6.11. The highest BCUT2D eigenvalue weighted by molar-refractivity contribution is 6.00. The van der Waals surface area contributed by atoms with Gasteiger partial charge in [-0.2, -0.15) is 0 Å². The second kappa shape index (κ2) is 9.54. The van der Waals surface area contributed by atoms with E-state index in [-0.39, 0.29) is 35.0 Å². The first-order valence-corrected chi connectivity index (χ1v) is 8.85. The molecule has 0 unspecified atom stereocenters. The van der Waals surface area contributed by atoms with Gasteiger partial charge in [-0.25, -0.2) is 9.59 Å². The highest BCUT2D eigenvalue weighted by Crippen LogP contribution is 2.29. The van der Waals surface area contributed by atoms with Gasteiger partial charge in [0, 0.05) is 11.8 Å². The third-order valence-electron chi connectivity index (χ3n) is 4.13. The van der Waals surface area contributed by atoms with Crippen LogP contribution in [0.15, 0.2) is 18.2 Å². The van der Waals surface area contributed by atoms with Crippen LogP contribution in [0.5, 0.6) is 5.75 Å². The van der Waals surface area contributed by atoms with Crippen LogP contribution < -0.4 is 10.1 Å². The van der Waals surface area contributed by atoms with Gasteiger partial charge in [-0.3, -0.25) is 14.9 Å². The van der Waals surface area contributed by atoms with Gasteiger partial charge in [-0.05, 0) is 32.4 Å². The molecule has 0 radical (unpaired) electrons. The van der Waals surface area contributed by atoms with E-state index in [0.717, 1.165) is 6.07 Å². The molecule has 0 fully saturated rings. The molecule has 1 heterocycles. The number of non-ortho nitro benzene ring substituents is 1. The standard InChI is InChI=1S/C19H21N3O8/c1-5-29-19(25)17-10(2)16(11(3)20-17)18(24)30-9-15(23)21-13-7-6-12(22(26)27)8-14(13)28-4/h6-8,20H,5,9H2,1-4H3,(H,21,23). The van der Waals surface area contributed by atoms with Crippen molar-refractivity contribution in [1.29, 1.82) is 0 Å². The number of aromatic nitrogens is 1. The topological polar surface area (TPSA) is 150 Å². The fourth-order valence-corrected chi connectivity index (χ4v) is 2.75. The Bertz CT molecular complexity index is 996. The molecule has 0 saturated heterocycles. The summed E-state index contributed by atoms with van der Waals surface area (Å²) in [5.41, 5.74) is 1.02. The van der Waals surface area contributed by atoms with E-state index in [2.05, 4.69) is 10.3 Å². The largest absolute Gasteiger partial charge is 0.494 e. The van der Waals surface area contributed by atoms with Crippen LogP contribution in [0.25, 0.3) is 0 Å². The number of H-pyrrole nitrogens is 1. The van der Waals surface area contributed by atoms with E-state index in [0.29, 0.717) is 11.3 Å². The van der Waals surface area contributed by atoms with Gasteiger partial charge in [0.1, 0.15) is 11.4 Å². The molecule has 11 heteroatoms. The van der Waals surface area contributed by atoms with Gasteiger partial charge in [-0.1, -0.05) is 0 Å². The summed E-state index contributed by atoms with van der Waals surface area (Å²) in [6.45, 7) is 4.39. The summed E-state index contributed by atoms with van der Waals surface area (Å²) in [4.78, 5) is 49.5. The number of methoxy groups -OCH3 is 1. The number of nitrogens with one attached hydrogen (secondary N) is 2. The predicted octanol–water partition coefficient (Wildman–Crippen LogP) is 2.52. The number of aromatic amines is 1. The molecule has 2 aromatic rings. The maximum Gasteiger partial charge on any atom is 0.355 e. The smallest absolute Gasteiger partial charge is 0.355 e. The Labute approximate surface area is 171 Å². The van der Waals surface area contributed by atoms with Crippen LogP contribution in [0.2, 0.25) is 0 Å². The van der Waals surface area contributed by atoms with E-state index in [9.17, 15) is 24.5 Å². The van der Waals surface area contributed by atoms with E-state index >= 15 is 0 Å². The number of aryl methyl sites for hydroxylation is 1. The van der Waals surface area contributed by atoms with Crippen molar-refractivity contribution < 1.29 is 33.5 Å². The molecule has 2 N–H and O–H groups in total. The maximum absolute atomic E-state index is 12.4. The first-order chi connectivity index (χ1) is 14.2. The maximum atomic E-state index is 12.4. The molecule has 1 amide bonds. The Morgan fingerprint density at radius 3 is 2.47 bits per heavy atom. The minimum absolute atomic E-state index is 0.0836. The molecule has 160 valence electrons. The number of hydrogen-bond acceptors (Lipinski definition) is 8. The van der Waals surface area contributed by atoms with E-state index in [1.54, 1.807) is 20.8 Å². The van der Waals surface area contributed by atoms with Crippen LogP contribution in [0, 0.1) is 24.0 Å². The molecule has 11 nitrogen and oxygen atoms in total. The lowest BCUT2D eigenvalue weighted by Crippen LogP contribution is -2.21. The van der Waals surface area contributed by atoms with Crippen molar-refractivity contribution in [2.75, 3.05) is 25.6 Å². The Balaban J connectivity index is 2.06. The quantitative estimate of drug-likeness (QED) is 0.376. The average molecular weight is 419 g/mol. The lowest BCUT2D eigenvalue weighted by Gasteiger charge is -2.10. The van der Waals surface area contributed by atoms with Crippen LogP contribution in [0.1, 0.15) is 39.0 Å². The molecule has 0 spiro atoms. The van der Waals surface area contributed by atoms with E-state index in [1.807, 2.05) is 0 Å².